The van der Waals surface area contributed by atoms with E-state index in [0.717, 1.165) is 17.7 Å². The van der Waals surface area contributed by atoms with Crippen LogP contribution in [0.25, 0.3) is 0 Å². The van der Waals surface area contributed by atoms with Gasteiger partial charge in [0.25, 0.3) is 0 Å². The number of anilines is 1. The summed E-state index contributed by atoms with van der Waals surface area (Å²) in [4.78, 5) is 33.6. The number of methoxy groups -OCH3 is 1. The van der Waals surface area contributed by atoms with Crippen LogP contribution < -0.4 is 10.1 Å². The zero-order valence-corrected chi connectivity index (χ0v) is 22.4. The highest BCUT2D eigenvalue weighted by Crippen LogP contribution is 2.46. The molecule has 11 heteroatoms. The Kier molecular flexibility index (Phi) is 8.79. The van der Waals surface area contributed by atoms with Crippen LogP contribution in [0.1, 0.15) is 51.8 Å². The maximum absolute atomic E-state index is 13.9. The number of rotatable bonds is 8. The SMILES string of the molecule is COc1cc(C(F)(F)F)cc(NCC2C(C)C(C(=O)O)N(C(=O)N(C(C)C)C(C)C)C2c2ccccc2)n1. The summed E-state index contributed by atoms with van der Waals surface area (Å²) in [6, 6.07) is 8.26. The third-order valence-electron chi connectivity index (χ3n) is 6.98. The van der Waals surface area contributed by atoms with E-state index in [0.29, 0.717) is 0 Å². The Bertz CT molecular complexity index is 1120. The van der Waals surface area contributed by atoms with E-state index in [1.54, 1.807) is 11.8 Å². The van der Waals surface area contributed by atoms with Crippen LogP contribution in [0, 0.1) is 11.8 Å². The number of likely N-dealkylation sites (tertiary alicyclic amines) is 1. The molecule has 208 valence electrons. The highest BCUT2D eigenvalue weighted by molar-refractivity contribution is 5.84. The van der Waals surface area contributed by atoms with E-state index >= 15 is 0 Å². The number of halogens is 3. The molecule has 0 saturated carbocycles. The van der Waals surface area contributed by atoms with Gasteiger partial charge in [-0.05, 0) is 45.2 Å². The minimum absolute atomic E-state index is 0.0571. The Morgan fingerprint density at radius 2 is 1.74 bits per heavy atom. The van der Waals surface area contributed by atoms with Gasteiger partial charge < -0.3 is 25.0 Å². The van der Waals surface area contributed by atoms with Crippen molar-refractivity contribution in [3.8, 4) is 5.88 Å². The molecule has 1 aliphatic rings. The maximum Gasteiger partial charge on any atom is 0.416 e. The molecule has 38 heavy (non-hydrogen) atoms. The number of amides is 2. The van der Waals surface area contributed by atoms with Gasteiger partial charge in [-0.2, -0.15) is 18.2 Å². The number of carboxylic acid groups (broad SMARTS) is 1. The second-order valence-electron chi connectivity index (χ2n) is 10.1. The quantitative estimate of drug-likeness (QED) is 0.461. The molecule has 1 saturated heterocycles. The fourth-order valence-electron chi connectivity index (χ4n) is 5.35. The molecular weight excluding hydrogens is 501 g/mol. The van der Waals surface area contributed by atoms with Gasteiger partial charge in [-0.1, -0.05) is 37.3 Å². The van der Waals surface area contributed by atoms with Crippen molar-refractivity contribution < 1.29 is 32.6 Å². The first-order valence-corrected chi connectivity index (χ1v) is 12.5. The van der Waals surface area contributed by atoms with E-state index in [1.807, 2.05) is 58.0 Å². The van der Waals surface area contributed by atoms with Crippen LogP contribution >= 0.6 is 0 Å². The molecule has 0 aliphatic carbocycles. The number of carboxylic acids is 1. The fourth-order valence-corrected chi connectivity index (χ4v) is 5.35. The summed E-state index contributed by atoms with van der Waals surface area (Å²) in [5, 5.41) is 13.2. The molecule has 1 fully saturated rings. The first-order valence-electron chi connectivity index (χ1n) is 12.5. The molecule has 0 bridgehead atoms. The first kappa shape index (κ1) is 29.1. The minimum atomic E-state index is -4.60. The Hall–Kier alpha value is -3.50. The average molecular weight is 537 g/mol. The summed E-state index contributed by atoms with van der Waals surface area (Å²) < 4.78 is 45.3. The zero-order valence-electron chi connectivity index (χ0n) is 22.4. The molecule has 1 aromatic carbocycles. The third-order valence-corrected chi connectivity index (χ3v) is 6.98. The van der Waals surface area contributed by atoms with E-state index in [-0.39, 0.29) is 30.3 Å². The summed E-state index contributed by atoms with van der Waals surface area (Å²) in [6.45, 7) is 9.32. The molecule has 2 amide bonds. The van der Waals surface area contributed by atoms with Crippen LogP contribution in [0.4, 0.5) is 23.8 Å². The van der Waals surface area contributed by atoms with Gasteiger partial charge in [-0.15, -0.1) is 0 Å². The molecule has 1 aliphatic heterocycles. The highest BCUT2D eigenvalue weighted by Gasteiger charge is 2.53. The zero-order chi connectivity index (χ0) is 28.4. The second-order valence-corrected chi connectivity index (χ2v) is 10.1. The van der Waals surface area contributed by atoms with Crippen LogP contribution in [0.2, 0.25) is 0 Å². The predicted octanol–water partition coefficient (Wildman–Crippen LogP) is 5.52. The van der Waals surface area contributed by atoms with Gasteiger partial charge in [0, 0.05) is 30.6 Å². The number of aliphatic carboxylic acids is 1. The lowest BCUT2D eigenvalue weighted by Gasteiger charge is -2.39. The number of carbonyl (C=O) groups excluding carboxylic acids is 1. The molecule has 4 atom stereocenters. The van der Waals surface area contributed by atoms with E-state index in [2.05, 4.69) is 10.3 Å². The Morgan fingerprint density at radius 3 is 2.24 bits per heavy atom. The molecule has 3 rings (SSSR count). The molecule has 1 aromatic heterocycles. The molecule has 8 nitrogen and oxygen atoms in total. The number of carbonyl (C=O) groups is 2. The van der Waals surface area contributed by atoms with Crippen molar-refractivity contribution in [2.75, 3.05) is 19.0 Å². The highest BCUT2D eigenvalue weighted by atomic mass is 19.4. The summed E-state index contributed by atoms with van der Waals surface area (Å²) in [5.74, 6) is -2.38. The summed E-state index contributed by atoms with van der Waals surface area (Å²) in [6.07, 6.45) is -4.60. The van der Waals surface area contributed by atoms with Gasteiger partial charge in [0.05, 0.1) is 18.7 Å². The number of urea groups is 1. The molecule has 2 aromatic rings. The lowest BCUT2D eigenvalue weighted by molar-refractivity contribution is -0.143. The molecule has 2 heterocycles. The van der Waals surface area contributed by atoms with Crippen LogP contribution in [-0.4, -0.2) is 63.7 Å². The number of ether oxygens (including phenoxy) is 1. The number of nitrogens with zero attached hydrogens (tertiary/aromatic N) is 3. The number of benzene rings is 1. The van der Waals surface area contributed by atoms with Gasteiger partial charge in [0.1, 0.15) is 11.9 Å². The van der Waals surface area contributed by atoms with Crippen molar-refractivity contribution in [1.29, 1.82) is 0 Å². The summed E-state index contributed by atoms with van der Waals surface area (Å²) in [5.41, 5.74) is -0.180. The Labute approximate surface area is 220 Å². The first-order chi connectivity index (χ1) is 17.8. The monoisotopic (exact) mass is 536 g/mol. The smallest absolute Gasteiger partial charge is 0.416 e. The largest absolute Gasteiger partial charge is 0.481 e. The van der Waals surface area contributed by atoms with Crippen molar-refractivity contribution >= 4 is 17.8 Å². The van der Waals surface area contributed by atoms with Crippen molar-refractivity contribution in [2.45, 2.75) is 65.0 Å². The predicted molar refractivity (Wildman–Crippen MR) is 137 cm³/mol. The average Bonchev–Trinajstić information content (AvgIpc) is 3.14. The number of alkyl halides is 3. The number of pyridine rings is 1. The fraction of sp³-hybridized carbons (Fsp3) is 0.519. The van der Waals surface area contributed by atoms with E-state index in [1.165, 1.54) is 12.0 Å². The summed E-state index contributed by atoms with van der Waals surface area (Å²) >= 11 is 0. The molecule has 0 spiro atoms. The number of nitrogens with one attached hydrogen (secondary N) is 1. The van der Waals surface area contributed by atoms with Gasteiger partial charge in [0.2, 0.25) is 5.88 Å². The van der Waals surface area contributed by atoms with Gasteiger partial charge >= 0.3 is 18.2 Å². The molecular formula is C27H35F3N4O4. The van der Waals surface area contributed by atoms with Crippen molar-refractivity contribution in [3.05, 3.63) is 53.6 Å². The standard InChI is InChI=1S/C27H35F3N4O4/c1-15(2)33(16(3)4)26(37)34-23(25(35)36)17(5)20(24(34)18-10-8-7-9-11-18)14-31-21-12-19(27(28,29)30)13-22(32-21)38-6/h7-13,15-17,20,23-24H,14H2,1-6H3,(H,31,32)(H,35,36). The van der Waals surface area contributed by atoms with E-state index in [4.69, 9.17) is 4.74 Å². The van der Waals surface area contributed by atoms with Crippen LogP contribution in [0.15, 0.2) is 42.5 Å². The van der Waals surface area contributed by atoms with Crippen molar-refractivity contribution in [2.24, 2.45) is 11.8 Å². The number of aromatic nitrogens is 1. The third kappa shape index (κ3) is 5.97. The second kappa shape index (κ2) is 11.5. The van der Waals surface area contributed by atoms with Gasteiger partial charge in [0.15, 0.2) is 0 Å². The maximum atomic E-state index is 13.9. The lowest BCUT2D eigenvalue weighted by atomic mass is 9.85. The topological polar surface area (TPSA) is 95.0 Å². The van der Waals surface area contributed by atoms with Crippen molar-refractivity contribution in [3.63, 3.8) is 0 Å². The van der Waals surface area contributed by atoms with Crippen LogP contribution in [0.5, 0.6) is 5.88 Å². The van der Waals surface area contributed by atoms with Gasteiger partial charge in [-0.3, -0.25) is 0 Å². The number of hydrogen-bond donors (Lipinski definition) is 2. The molecule has 4 unspecified atom stereocenters. The minimum Gasteiger partial charge on any atom is -0.481 e. The van der Waals surface area contributed by atoms with E-state index in [9.17, 15) is 27.9 Å². The molecule has 2 N–H and O–H groups in total. The van der Waals surface area contributed by atoms with E-state index < -0.39 is 47.7 Å². The van der Waals surface area contributed by atoms with Gasteiger partial charge in [-0.25, -0.2) is 9.59 Å². The summed E-state index contributed by atoms with van der Waals surface area (Å²) in [7, 11) is 1.23. The normalized spacial score (nSPS) is 21.6. The Morgan fingerprint density at radius 1 is 1.13 bits per heavy atom. The van der Waals surface area contributed by atoms with Crippen molar-refractivity contribution in [1.82, 2.24) is 14.8 Å². The van der Waals surface area contributed by atoms with Crippen LogP contribution in [-0.2, 0) is 11.0 Å². The Balaban J connectivity index is 2.06. The molecule has 0 radical (unpaired) electrons. The van der Waals surface area contributed by atoms with Crippen LogP contribution in [0.3, 0.4) is 0 Å². The lowest BCUT2D eigenvalue weighted by Crippen LogP contribution is -2.54. The number of hydrogen-bond acceptors (Lipinski definition) is 5.